The van der Waals surface area contributed by atoms with E-state index in [0.717, 1.165) is 23.4 Å². The maximum Gasteiger partial charge on any atom is 0.244 e. The van der Waals surface area contributed by atoms with E-state index in [0.29, 0.717) is 13.0 Å². The van der Waals surface area contributed by atoms with E-state index in [9.17, 15) is 9.59 Å². The largest absolute Gasteiger partial charge is 0.333 e. The van der Waals surface area contributed by atoms with Crippen molar-refractivity contribution >= 4 is 29.3 Å². The topological polar surface area (TPSA) is 49.4 Å². The van der Waals surface area contributed by atoms with Gasteiger partial charge in [-0.2, -0.15) is 11.8 Å². The van der Waals surface area contributed by atoms with Gasteiger partial charge in [-0.25, -0.2) is 0 Å². The predicted octanol–water partition coefficient (Wildman–Crippen LogP) is 2.93. The van der Waals surface area contributed by atoms with Crippen molar-refractivity contribution in [1.82, 2.24) is 4.90 Å². The monoisotopic (exact) mass is 308 g/mol. The molecule has 4 nitrogen and oxygen atoms in total. The molecule has 0 radical (unpaired) electrons. The minimum Gasteiger partial charge on any atom is -0.333 e. The van der Waals surface area contributed by atoms with Gasteiger partial charge in [0, 0.05) is 24.4 Å². The first kappa shape index (κ1) is 17.6. The van der Waals surface area contributed by atoms with Crippen LogP contribution in [-0.2, 0) is 9.59 Å². The quantitative estimate of drug-likeness (QED) is 0.803. The van der Waals surface area contributed by atoms with Crippen molar-refractivity contribution in [3.63, 3.8) is 0 Å². The molecular weight excluding hydrogens is 284 g/mol. The second-order valence-electron chi connectivity index (χ2n) is 4.92. The van der Waals surface area contributed by atoms with Crippen molar-refractivity contribution in [2.24, 2.45) is 0 Å². The van der Waals surface area contributed by atoms with Gasteiger partial charge >= 0.3 is 0 Å². The number of hydrogen-bond donors (Lipinski definition) is 1. The highest BCUT2D eigenvalue weighted by molar-refractivity contribution is 7.98. The van der Waals surface area contributed by atoms with Gasteiger partial charge in [-0.05, 0) is 31.2 Å². The van der Waals surface area contributed by atoms with Gasteiger partial charge in [0.25, 0.3) is 0 Å². The summed E-state index contributed by atoms with van der Waals surface area (Å²) in [6.45, 7) is 4.70. The number of thioether (sulfide) groups is 1. The van der Waals surface area contributed by atoms with Crippen molar-refractivity contribution in [3.8, 4) is 0 Å². The summed E-state index contributed by atoms with van der Waals surface area (Å²) in [5, 5.41) is 2.87. The Morgan fingerprint density at radius 3 is 2.62 bits per heavy atom. The fraction of sp³-hybridized carbons (Fsp3) is 0.500. The van der Waals surface area contributed by atoms with Crippen molar-refractivity contribution in [2.75, 3.05) is 30.4 Å². The number of benzene rings is 1. The number of hydrogen-bond acceptors (Lipinski definition) is 3. The van der Waals surface area contributed by atoms with Crippen LogP contribution in [0.3, 0.4) is 0 Å². The van der Waals surface area contributed by atoms with Crippen LogP contribution < -0.4 is 5.32 Å². The lowest BCUT2D eigenvalue weighted by Gasteiger charge is -2.21. The first-order valence-corrected chi connectivity index (χ1v) is 8.60. The molecule has 0 saturated heterocycles. The number of para-hydroxylation sites is 1. The van der Waals surface area contributed by atoms with Crippen molar-refractivity contribution in [1.29, 1.82) is 0 Å². The fourth-order valence-electron chi connectivity index (χ4n) is 1.99. The molecule has 1 aromatic carbocycles. The predicted molar refractivity (Wildman–Crippen MR) is 89.7 cm³/mol. The van der Waals surface area contributed by atoms with E-state index < -0.39 is 0 Å². The molecular formula is C16H24N2O2S. The summed E-state index contributed by atoms with van der Waals surface area (Å²) in [5.41, 5.74) is 1.82. The summed E-state index contributed by atoms with van der Waals surface area (Å²) < 4.78 is 0. The van der Waals surface area contributed by atoms with Crippen molar-refractivity contribution < 1.29 is 9.59 Å². The Kier molecular flexibility index (Phi) is 7.90. The highest BCUT2D eigenvalue weighted by Gasteiger charge is 2.16. The number of rotatable bonds is 8. The number of nitrogens with zero attached hydrogens (tertiary/aromatic N) is 1. The summed E-state index contributed by atoms with van der Waals surface area (Å²) in [6.07, 6.45) is 3.31. The second-order valence-corrected chi connectivity index (χ2v) is 5.91. The van der Waals surface area contributed by atoms with Crippen LogP contribution in [0, 0.1) is 6.92 Å². The minimum absolute atomic E-state index is 0.0473. The fourth-order valence-corrected chi connectivity index (χ4v) is 2.36. The molecule has 0 aliphatic carbocycles. The molecule has 116 valence electrons. The molecule has 0 atom stereocenters. The van der Waals surface area contributed by atoms with E-state index in [2.05, 4.69) is 5.32 Å². The van der Waals surface area contributed by atoms with Crippen LogP contribution in [0.4, 0.5) is 5.69 Å². The Morgan fingerprint density at radius 2 is 2.00 bits per heavy atom. The molecule has 0 fully saturated rings. The standard InChI is InChI=1S/C16H24N2O2S/c1-4-10-18(16(20)9-11-21-3)12-15(19)17-14-8-6-5-7-13(14)2/h5-8H,4,9-12H2,1-3H3,(H,17,19). The summed E-state index contributed by atoms with van der Waals surface area (Å²) >= 11 is 1.64. The third-order valence-electron chi connectivity index (χ3n) is 3.12. The molecule has 0 aromatic heterocycles. The lowest BCUT2D eigenvalue weighted by molar-refractivity contribution is -0.134. The Morgan fingerprint density at radius 1 is 1.29 bits per heavy atom. The zero-order chi connectivity index (χ0) is 15.7. The highest BCUT2D eigenvalue weighted by Crippen LogP contribution is 2.13. The van der Waals surface area contributed by atoms with E-state index in [4.69, 9.17) is 0 Å². The van der Waals surface area contributed by atoms with E-state index >= 15 is 0 Å². The lowest BCUT2D eigenvalue weighted by Crippen LogP contribution is -2.38. The highest BCUT2D eigenvalue weighted by atomic mass is 32.2. The van der Waals surface area contributed by atoms with Gasteiger partial charge in [-0.3, -0.25) is 9.59 Å². The first-order chi connectivity index (χ1) is 10.1. The van der Waals surface area contributed by atoms with Crippen LogP contribution in [0.25, 0.3) is 0 Å². The maximum absolute atomic E-state index is 12.1. The number of amides is 2. The number of nitrogens with one attached hydrogen (secondary N) is 1. The molecule has 2 amide bonds. The lowest BCUT2D eigenvalue weighted by atomic mass is 10.2. The van der Waals surface area contributed by atoms with Gasteiger partial charge in [-0.1, -0.05) is 25.1 Å². The van der Waals surface area contributed by atoms with Gasteiger partial charge < -0.3 is 10.2 Å². The van der Waals surface area contributed by atoms with E-state index in [1.54, 1.807) is 16.7 Å². The van der Waals surface area contributed by atoms with Crippen LogP contribution in [0.15, 0.2) is 24.3 Å². The smallest absolute Gasteiger partial charge is 0.244 e. The Labute approximate surface area is 131 Å². The molecule has 0 unspecified atom stereocenters. The second kappa shape index (κ2) is 9.45. The molecule has 0 heterocycles. The number of aryl methyl sites for hydroxylation is 1. The summed E-state index contributed by atoms with van der Waals surface area (Å²) in [5.74, 6) is 0.694. The molecule has 5 heteroatoms. The van der Waals surface area contributed by atoms with Crippen molar-refractivity contribution in [3.05, 3.63) is 29.8 Å². The zero-order valence-corrected chi connectivity index (χ0v) is 13.8. The third-order valence-corrected chi connectivity index (χ3v) is 3.73. The SMILES string of the molecule is CCCN(CC(=O)Nc1ccccc1C)C(=O)CCSC. The molecule has 0 aliphatic heterocycles. The van der Waals surface area contributed by atoms with Crippen LogP contribution in [0.2, 0.25) is 0 Å². The van der Waals surface area contributed by atoms with E-state index in [1.807, 2.05) is 44.4 Å². The van der Waals surface area contributed by atoms with Gasteiger partial charge in [0.05, 0.1) is 6.54 Å². The molecule has 1 aromatic rings. The van der Waals surface area contributed by atoms with Gasteiger partial charge in [0.15, 0.2) is 0 Å². The molecule has 0 aliphatic rings. The number of anilines is 1. The molecule has 1 rings (SSSR count). The number of carbonyl (C=O) groups is 2. The van der Waals surface area contributed by atoms with Crippen molar-refractivity contribution in [2.45, 2.75) is 26.7 Å². The van der Waals surface area contributed by atoms with Crippen LogP contribution in [0.5, 0.6) is 0 Å². The zero-order valence-electron chi connectivity index (χ0n) is 13.0. The van der Waals surface area contributed by atoms with Gasteiger partial charge in [0.2, 0.25) is 11.8 Å². The molecule has 0 saturated carbocycles. The number of carbonyl (C=O) groups excluding carboxylic acids is 2. The maximum atomic E-state index is 12.1. The van der Waals surface area contributed by atoms with Gasteiger partial charge in [-0.15, -0.1) is 0 Å². The molecule has 21 heavy (non-hydrogen) atoms. The Hall–Kier alpha value is -1.49. The van der Waals surface area contributed by atoms with Crippen LogP contribution in [0.1, 0.15) is 25.3 Å². The Balaban J connectivity index is 2.60. The summed E-state index contributed by atoms with van der Waals surface area (Å²) in [7, 11) is 0. The molecule has 1 N–H and O–H groups in total. The third kappa shape index (κ3) is 6.21. The molecule has 0 bridgehead atoms. The summed E-state index contributed by atoms with van der Waals surface area (Å²) in [6, 6.07) is 7.63. The van der Waals surface area contributed by atoms with E-state index in [1.165, 1.54) is 0 Å². The average Bonchev–Trinajstić information content (AvgIpc) is 2.46. The van der Waals surface area contributed by atoms with Gasteiger partial charge in [0.1, 0.15) is 0 Å². The average molecular weight is 308 g/mol. The first-order valence-electron chi connectivity index (χ1n) is 7.20. The van der Waals surface area contributed by atoms with Crippen LogP contribution >= 0.6 is 11.8 Å². The minimum atomic E-state index is -0.143. The normalized spacial score (nSPS) is 10.2. The summed E-state index contributed by atoms with van der Waals surface area (Å²) in [4.78, 5) is 25.8. The van der Waals surface area contributed by atoms with Crippen LogP contribution in [-0.4, -0.2) is 41.8 Å². The Bertz CT molecular complexity index is 477. The van der Waals surface area contributed by atoms with E-state index in [-0.39, 0.29) is 18.4 Å². The molecule has 0 spiro atoms.